The second-order valence-electron chi connectivity index (χ2n) is 20.4. The van der Waals surface area contributed by atoms with E-state index in [4.69, 9.17) is 0 Å². The molecular weight excluding hydrogens is 492 g/mol. The van der Waals surface area contributed by atoms with Crippen molar-refractivity contribution >= 4 is 0 Å². The van der Waals surface area contributed by atoms with Gasteiger partial charge in [0.2, 0.25) is 0 Å². The summed E-state index contributed by atoms with van der Waals surface area (Å²) in [6.45, 7) is 43.9. The summed E-state index contributed by atoms with van der Waals surface area (Å²) in [7, 11) is 0. The monoisotopic (exact) mass is 579 g/mol. The molecule has 3 saturated carbocycles. The van der Waals surface area contributed by atoms with Crippen LogP contribution in [0.3, 0.4) is 0 Å². The lowest BCUT2D eigenvalue weighted by molar-refractivity contribution is 0.180. The standard InChI is InChI=1S/C10H20.C9H18.C8H18.C7H14.C7H16/c1-10(2,3)9-7-5-4-6-8-9;1-9(2,3)8-6-4-5-7-8;1-7(2)6-8(3,4)5;1-7(2,3)6-4-5-6;1-6(2)7(3,4)5/h9H,4-8H2,1-3H3;8H,4-7H2,1-3H3;7H,6H2,1-5H3;6H,4-5H2,1-3H3;6H,1-5H3. The first-order chi connectivity index (χ1) is 18.2. The Morgan fingerprint density at radius 3 is 0.756 bits per heavy atom. The normalized spacial score (nSPS) is 19.2. The van der Waals surface area contributed by atoms with Crippen molar-refractivity contribution in [3.8, 4) is 0 Å². The Morgan fingerprint density at radius 1 is 0.415 bits per heavy atom. The van der Waals surface area contributed by atoms with Crippen molar-refractivity contribution in [3.05, 3.63) is 0 Å². The van der Waals surface area contributed by atoms with Gasteiger partial charge >= 0.3 is 0 Å². The van der Waals surface area contributed by atoms with Gasteiger partial charge in [-0.15, -0.1) is 0 Å². The van der Waals surface area contributed by atoms with Crippen LogP contribution in [0.5, 0.6) is 0 Å². The minimum Gasteiger partial charge on any atom is -0.0628 e. The van der Waals surface area contributed by atoms with Gasteiger partial charge in [0.1, 0.15) is 0 Å². The van der Waals surface area contributed by atoms with Gasteiger partial charge in [0, 0.05) is 0 Å². The summed E-state index contributed by atoms with van der Waals surface area (Å²) in [6.07, 6.45) is 17.6. The molecule has 0 unspecified atom stereocenters. The molecule has 41 heavy (non-hydrogen) atoms. The molecule has 250 valence electrons. The van der Waals surface area contributed by atoms with E-state index in [-0.39, 0.29) is 0 Å². The lowest BCUT2D eigenvalue weighted by Gasteiger charge is -2.33. The van der Waals surface area contributed by atoms with Crippen molar-refractivity contribution < 1.29 is 0 Å². The molecule has 0 aromatic rings. The number of rotatable bonds is 1. The Hall–Kier alpha value is 0. The zero-order valence-corrected chi connectivity index (χ0v) is 32.9. The molecule has 0 heteroatoms. The predicted molar refractivity (Wildman–Crippen MR) is 193 cm³/mol. The van der Waals surface area contributed by atoms with E-state index in [0.29, 0.717) is 27.1 Å². The van der Waals surface area contributed by atoms with Gasteiger partial charge in [-0.1, -0.05) is 164 Å². The predicted octanol–water partition coefficient (Wildman–Crippen LogP) is 15.0. The molecule has 3 aliphatic carbocycles. The van der Waals surface area contributed by atoms with Gasteiger partial charge in [-0.05, 0) is 102 Å². The molecule has 0 nitrogen and oxygen atoms in total. The molecule has 0 bridgehead atoms. The third kappa shape index (κ3) is 26.1. The van der Waals surface area contributed by atoms with Crippen molar-refractivity contribution in [3.63, 3.8) is 0 Å². The van der Waals surface area contributed by atoms with Gasteiger partial charge in [0.05, 0.1) is 0 Å². The fourth-order valence-corrected chi connectivity index (χ4v) is 5.93. The van der Waals surface area contributed by atoms with E-state index in [2.05, 4.69) is 132 Å². The molecule has 0 aromatic heterocycles. The second kappa shape index (κ2) is 18.7. The van der Waals surface area contributed by atoms with Crippen LogP contribution < -0.4 is 0 Å². The van der Waals surface area contributed by atoms with Crippen molar-refractivity contribution in [2.45, 2.75) is 209 Å². The third-order valence-corrected chi connectivity index (χ3v) is 9.96. The Morgan fingerprint density at radius 2 is 0.659 bits per heavy atom. The Labute approximate surface area is 264 Å². The topological polar surface area (TPSA) is 0 Å². The first-order valence-electron chi connectivity index (χ1n) is 18.2. The molecule has 3 fully saturated rings. The highest BCUT2D eigenvalue weighted by molar-refractivity contribution is 4.84. The number of hydrogen-bond acceptors (Lipinski definition) is 0. The molecule has 0 aliphatic heterocycles. The summed E-state index contributed by atoms with van der Waals surface area (Å²) in [5.74, 6) is 4.70. The van der Waals surface area contributed by atoms with Crippen LogP contribution >= 0.6 is 0 Å². The average Bonchev–Trinajstić information content (AvgIpc) is 3.47. The van der Waals surface area contributed by atoms with Crippen LogP contribution in [0.25, 0.3) is 0 Å². The van der Waals surface area contributed by atoms with Gasteiger partial charge in [-0.2, -0.15) is 0 Å². The van der Waals surface area contributed by atoms with Crippen molar-refractivity contribution in [1.82, 2.24) is 0 Å². The van der Waals surface area contributed by atoms with Crippen molar-refractivity contribution in [2.75, 3.05) is 0 Å². The van der Waals surface area contributed by atoms with Crippen LogP contribution in [0.2, 0.25) is 0 Å². The average molecular weight is 579 g/mol. The molecule has 0 N–H and O–H groups in total. The second-order valence-corrected chi connectivity index (χ2v) is 20.4. The number of hydrogen-bond donors (Lipinski definition) is 0. The maximum absolute atomic E-state index is 2.38. The zero-order valence-electron chi connectivity index (χ0n) is 32.9. The SMILES string of the molecule is CC(C)(C)C1CC1.CC(C)(C)C1CCCC1.CC(C)(C)C1CCCCC1.CC(C)C(C)(C)C.CC(C)CC(C)(C)C. The van der Waals surface area contributed by atoms with Crippen molar-refractivity contribution in [2.24, 2.45) is 56.7 Å². The molecule has 0 heterocycles. The van der Waals surface area contributed by atoms with Gasteiger partial charge < -0.3 is 0 Å². The Bertz CT molecular complexity index is 585. The molecule has 0 radical (unpaired) electrons. The van der Waals surface area contributed by atoms with E-state index in [1.54, 1.807) is 0 Å². The molecule has 3 aliphatic rings. The lowest BCUT2D eigenvalue weighted by atomic mass is 9.72. The lowest BCUT2D eigenvalue weighted by Crippen LogP contribution is -2.22. The maximum Gasteiger partial charge on any atom is -0.0354 e. The zero-order chi connectivity index (χ0) is 32.9. The minimum atomic E-state index is 0.500. The van der Waals surface area contributed by atoms with Gasteiger partial charge in [-0.25, -0.2) is 0 Å². The highest BCUT2D eigenvalue weighted by atomic mass is 14.4. The summed E-state index contributed by atoms with van der Waals surface area (Å²) in [4.78, 5) is 0. The highest BCUT2D eigenvalue weighted by Gasteiger charge is 2.33. The first kappa shape index (κ1) is 43.1. The van der Waals surface area contributed by atoms with E-state index in [0.717, 1.165) is 29.6 Å². The van der Waals surface area contributed by atoms with E-state index < -0.39 is 0 Å². The summed E-state index contributed by atoms with van der Waals surface area (Å²) >= 11 is 0. The Kier molecular flexibility index (Phi) is 19.7. The first-order valence-corrected chi connectivity index (χ1v) is 18.2. The van der Waals surface area contributed by atoms with Gasteiger partial charge in [0.25, 0.3) is 0 Å². The molecule has 0 amide bonds. The van der Waals surface area contributed by atoms with E-state index >= 15 is 0 Å². The quantitative estimate of drug-likeness (QED) is 0.290. The Balaban J connectivity index is 0. The fraction of sp³-hybridized carbons (Fsp3) is 1.00. The van der Waals surface area contributed by atoms with Crippen LogP contribution in [0, 0.1) is 56.7 Å². The van der Waals surface area contributed by atoms with E-state index in [1.807, 2.05) is 0 Å². The summed E-state index contributed by atoms with van der Waals surface area (Å²) in [5.41, 5.74) is 2.78. The van der Waals surface area contributed by atoms with Crippen LogP contribution in [0.4, 0.5) is 0 Å². The minimum absolute atomic E-state index is 0.500. The van der Waals surface area contributed by atoms with E-state index in [9.17, 15) is 0 Å². The van der Waals surface area contributed by atoms with Crippen LogP contribution in [-0.4, -0.2) is 0 Å². The van der Waals surface area contributed by atoms with Crippen LogP contribution in [0.15, 0.2) is 0 Å². The highest BCUT2D eigenvalue weighted by Crippen LogP contribution is 2.44. The van der Waals surface area contributed by atoms with E-state index in [1.165, 1.54) is 77.0 Å². The van der Waals surface area contributed by atoms with Gasteiger partial charge in [-0.3, -0.25) is 0 Å². The molecular formula is C41H86. The van der Waals surface area contributed by atoms with Crippen molar-refractivity contribution in [1.29, 1.82) is 0 Å². The molecule has 0 spiro atoms. The van der Waals surface area contributed by atoms with Crippen LogP contribution in [-0.2, 0) is 0 Å². The fourth-order valence-electron chi connectivity index (χ4n) is 5.93. The molecule has 0 saturated heterocycles. The smallest absolute Gasteiger partial charge is 0.0354 e. The summed E-state index contributed by atoms with van der Waals surface area (Å²) in [5, 5.41) is 0. The molecule has 3 rings (SSSR count). The molecule has 0 aromatic carbocycles. The third-order valence-electron chi connectivity index (χ3n) is 9.96. The summed E-state index contributed by atoms with van der Waals surface area (Å²) < 4.78 is 0. The maximum atomic E-state index is 2.38. The van der Waals surface area contributed by atoms with Gasteiger partial charge in [0.15, 0.2) is 0 Å². The van der Waals surface area contributed by atoms with Crippen LogP contribution in [0.1, 0.15) is 209 Å². The largest absolute Gasteiger partial charge is 0.0628 e. The summed E-state index contributed by atoms with van der Waals surface area (Å²) in [6, 6.07) is 0. The molecule has 0 atom stereocenters.